The highest BCUT2D eigenvalue weighted by atomic mass is 19.1. The molecule has 198 valence electrons. The lowest BCUT2D eigenvalue weighted by Gasteiger charge is -2.28. The summed E-state index contributed by atoms with van der Waals surface area (Å²) in [6, 6.07) is 3.53. The molecule has 0 aliphatic carbocycles. The molecule has 0 aromatic heterocycles. The van der Waals surface area contributed by atoms with Gasteiger partial charge in [-0.1, -0.05) is 12.6 Å². The summed E-state index contributed by atoms with van der Waals surface area (Å²) in [5, 5.41) is 32.8. The smallest absolute Gasteiger partial charge is 0.283 e. The quantitative estimate of drug-likeness (QED) is 0.240. The summed E-state index contributed by atoms with van der Waals surface area (Å²) in [6.45, 7) is 5.78. The topological polar surface area (TPSA) is 149 Å². The molecular weight excluding hydrogens is 489 g/mol. The number of hydrogen-bond donors (Lipinski definition) is 4. The molecular formula is C25H28FN3O8. The van der Waals surface area contributed by atoms with Gasteiger partial charge >= 0.3 is 0 Å². The van der Waals surface area contributed by atoms with Gasteiger partial charge in [-0.2, -0.15) is 0 Å². The molecule has 0 spiro atoms. The van der Waals surface area contributed by atoms with Crippen molar-refractivity contribution >= 4 is 17.7 Å². The minimum absolute atomic E-state index is 0.000472. The number of halogens is 1. The largest absolute Gasteiger partial charge is 0.505 e. The van der Waals surface area contributed by atoms with Crippen molar-refractivity contribution in [3.8, 4) is 0 Å². The Bertz CT molecular complexity index is 1190. The average molecular weight is 518 g/mol. The van der Waals surface area contributed by atoms with Gasteiger partial charge in [0.25, 0.3) is 11.9 Å². The van der Waals surface area contributed by atoms with Gasteiger partial charge in [-0.15, -0.1) is 0 Å². The second-order valence-electron chi connectivity index (χ2n) is 8.96. The molecule has 3 saturated heterocycles. The Morgan fingerprint density at radius 1 is 1.19 bits per heavy atom. The number of morpholine rings is 1. The van der Waals surface area contributed by atoms with Crippen LogP contribution in [0.3, 0.4) is 0 Å². The van der Waals surface area contributed by atoms with Crippen LogP contribution in [0.15, 0.2) is 53.4 Å². The summed E-state index contributed by atoms with van der Waals surface area (Å²) in [5.74, 6) is -5.13. The van der Waals surface area contributed by atoms with Crippen LogP contribution in [0.2, 0.25) is 0 Å². The highest BCUT2D eigenvalue weighted by Gasteiger charge is 2.44. The van der Waals surface area contributed by atoms with Crippen molar-refractivity contribution in [3.63, 3.8) is 0 Å². The number of nitrogens with zero attached hydrogens (tertiary/aromatic N) is 2. The predicted octanol–water partition coefficient (Wildman–Crippen LogP) is 1.48. The number of nitrogens with one attached hydrogen (secondary N) is 1. The Balaban J connectivity index is 1.55. The highest BCUT2D eigenvalue weighted by Crippen LogP contribution is 2.33. The van der Waals surface area contributed by atoms with Gasteiger partial charge in [0, 0.05) is 31.6 Å². The monoisotopic (exact) mass is 517 g/mol. The fourth-order valence-electron chi connectivity index (χ4n) is 4.48. The molecule has 12 heteroatoms. The molecule has 3 fully saturated rings. The second kappa shape index (κ2) is 11.0. The van der Waals surface area contributed by atoms with Crippen LogP contribution >= 0.6 is 0 Å². The number of aliphatic hydroxyl groups is 3. The zero-order valence-electron chi connectivity index (χ0n) is 20.0. The first kappa shape index (κ1) is 26.2. The number of aliphatic hydroxyl groups excluding tert-OH is 3. The number of ether oxygens (including phenoxy) is 2. The lowest BCUT2D eigenvalue weighted by atomic mass is 10.0. The van der Waals surface area contributed by atoms with Crippen molar-refractivity contribution in [2.24, 2.45) is 0 Å². The van der Waals surface area contributed by atoms with Crippen molar-refractivity contribution in [2.75, 3.05) is 32.8 Å². The third-order valence-electron chi connectivity index (χ3n) is 6.44. The van der Waals surface area contributed by atoms with Gasteiger partial charge < -0.3 is 29.7 Å². The van der Waals surface area contributed by atoms with E-state index >= 15 is 0 Å². The first-order chi connectivity index (χ1) is 17.7. The molecule has 3 aliphatic heterocycles. The van der Waals surface area contributed by atoms with E-state index in [0.717, 1.165) is 23.6 Å². The SMILES string of the molecule is C=C(O)/C(O)=C1/C(=O)N(C2CCC(=O)NC2=O)C/C1=C(/O)OCc1cc(CN2CCOCC2)ccc1F. The summed E-state index contributed by atoms with van der Waals surface area (Å²) in [7, 11) is 0. The molecule has 4 N–H and O–H groups in total. The van der Waals surface area contributed by atoms with E-state index in [9.17, 15) is 34.1 Å². The van der Waals surface area contributed by atoms with E-state index in [0.29, 0.717) is 19.8 Å². The molecule has 4 rings (SSSR count). The first-order valence-electron chi connectivity index (χ1n) is 11.7. The second-order valence-corrected chi connectivity index (χ2v) is 8.96. The number of imide groups is 1. The Hall–Kier alpha value is -3.90. The highest BCUT2D eigenvalue weighted by molar-refractivity contribution is 6.07. The maximum atomic E-state index is 14.5. The van der Waals surface area contributed by atoms with Crippen molar-refractivity contribution in [1.29, 1.82) is 0 Å². The summed E-state index contributed by atoms with van der Waals surface area (Å²) in [6.07, 6.45) is 0.0418. The fourth-order valence-corrected chi connectivity index (χ4v) is 4.48. The van der Waals surface area contributed by atoms with Crippen molar-refractivity contribution < 1.29 is 43.6 Å². The molecule has 1 unspecified atom stereocenters. The van der Waals surface area contributed by atoms with E-state index in [4.69, 9.17) is 9.47 Å². The Morgan fingerprint density at radius 3 is 2.59 bits per heavy atom. The summed E-state index contributed by atoms with van der Waals surface area (Å²) in [4.78, 5) is 40.1. The van der Waals surface area contributed by atoms with Crippen LogP contribution < -0.4 is 5.32 Å². The van der Waals surface area contributed by atoms with Crippen LogP contribution in [0, 0.1) is 5.82 Å². The zero-order chi connectivity index (χ0) is 26.7. The fraction of sp³-hybridized carbons (Fsp3) is 0.400. The predicted molar refractivity (Wildman–Crippen MR) is 126 cm³/mol. The number of likely N-dealkylation sites (tertiary alicyclic amines) is 1. The number of rotatable bonds is 7. The minimum Gasteiger partial charge on any atom is -0.505 e. The van der Waals surface area contributed by atoms with Crippen LogP contribution in [-0.4, -0.2) is 81.7 Å². The van der Waals surface area contributed by atoms with Gasteiger partial charge in [0.05, 0.1) is 30.9 Å². The lowest BCUT2D eigenvalue weighted by molar-refractivity contribution is -0.142. The van der Waals surface area contributed by atoms with Crippen molar-refractivity contribution in [2.45, 2.75) is 32.0 Å². The molecule has 0 saturated carbocycles. The molecule has 1 atom stereocenters. The molecule has 0 radical (unpaired) electrons. The zero-order valence-corrected chi connectivity index (χ0v) is 20.0. The van der Waals surface area contributed by atoms with Crippen LogP contribution in [0.5, 0.6) is 0 Å². The molecule has 0 bridgehead atoms. The van der Waals surface area contributed by atoms with Crippen LogP contribution in [-0.2, 0) is 37.0 Å². The average Bonchev–Trinajstić information content (AvgIpc) is 3.21. The van der Waals surface area contributed by atoms with E-state index in [1.165, 1.54) is 6.07 Å². The normalized spacial score (nSPS) is 23.6. The summed E-state index contributed by atoms with van der Waals surface area (Å²) >= 11 is 0. The molecule has 1 aromatic rings. The molecule has 11 nitrogen and oxygen atoms in total. The van der Waals surface area contributed by atoms with Gasteiger partial charge in [0.2, 0.25) is 11.8 Å². The number of carbonyl (C=O) groups excluding carboxylic acids is 3. The maximum absolute atomic E-state index is 14.5. The van der Waals surface area contributed by atoms with Crippen LogP contribution in [0.4, 0.5) is 4.39 Å². The van der Waals surface area contributed by atoms with E-state index in [-0.39, 0.29) is 30.5 Å². The number of amides is 3. The van der Waals surface area contributed by atoms with Gasteiger partial charge in [-0.05, 0) is 24.1 Å². The molecule has 1 aromatic carbocycles. The first-order valence-corrected chi connectivity index (χ1v) is 11.7. The van der Waals surface area contributed by atoms with E-state index in [1.807, 2.05) is 0 Å². The number of benzene rings is 1. The Labute approximate surface area is 212 Å². The molecule has 3 heterocycles. The van der Waals surface area contributed by atoms with Crippen molar-refractivity contribution in [1.82, 2.24) is 15.1 Å². The lowest BCUT2D eigenvalue weighted by Crippen LogP contribution is -2.53. The Morgan fingerprint density at radius 2 is 1.92 bits per heavy atom. The molecule has 3 aliphatic rings. The molecule has 3 amide bonds. The third kappa shape index (κ3) is 5.75. The van der Waals surface area contributed by atoms with E-state index in [1.54, 1.807) is 12.1 Å². The number of carbonyl (C=O) groups is 3. The standard InChI is InChI=1S/C25H28FN3O8/c1-14(30)22(32)21-17(12-29(24(21)34)19-4-5-20(31)27-23(19)33)25(35)37-13-16-10-15(2-3-18(16)26)11-28-6-8-36-9-7-28/h2-3,10,19,30,32,35H,1,4-9,11-13H2,(H,27,31,33)/b22-21-,25-17+. The van der Waals surface area contributed by atoms with E-state index < -0.39 is 59.2 Å². The maximum Gasteiger partial charge on any atom is 0.283 e. The van der Waals surface area contributed by atoms with Gasteiger partial charge in [0.15, 0.2) is 11.5 Å². The van der Waals surface area contributed by atoms with Crippen LogP contribution in [0.1, 0.15) is 24.0 Å². The third-order valence-corrected chi connectivity index (χ3v) is 6.44. The van der Waals surface area contributed by atoms with Gasteiger partial charge in [0.1, 0.15) is 18.5 Å². The van der Waals surface area contributed by atoms with Gasteiger partial charge in [-0.25, -0.2) is 4.39 Å². The van der Waals surface area contributed by atoms with Gasteiger partial charge in [-0.3, -0.25) is 24.6 Å². The summed E-state index contributed by atoms with van der Waals surface area (Å²) < 4.78 is 25.2. The summed E-state index contributed by atoms with van der Waals surface area (Å²) in [5.41, 5.74) is 0.276. The number of piperidine rings is 1. The number of hydrogen-bond acceptors (Lipinski definition) is 9. The molecule has 37 heavy (non-hydrogen) atoms. The minimum atomic E-state index is -1.04. The Kier molecular flexibility index (Phi) is 7.79. The van der Waals surface area contributed by atoms with Crippen LogP contribution in [0.25, 0.3) is 0 Å². The van der Waals surface area contributed by atoms with Crippen molar-refractivity contribution in [3.05, 3.63) is 70.3 Å². The van der Waals surface area contributed by atoms with E-state index in [2.05, 4.69) is 16.8 Å².